The van der Waals surface area contributed by atoms with E-state index in [-0.39, 0.29) is 64.6 Å². The van der Waals surface area contributed by atoms with E-state index in [1.807, 2.05) is 0 Å². The summed E-state index contributed by atoms with van der Waals surface area (Å²) in [4.78, 5) is 51.1. The number of hydrogen-bond donors (Lipinski definition) is 2. The lowest BCUT2D eigenvalue weighted by molar-refractivity contribution is -0.200. The van der Waals surface area contributed by atoms with Crippen molar-refractivity contribution in [1.82, 2.24) is 10.6 Å². The fraction of sp³-hybridized carbons (Fsp3) is 0.840. The molecule has 0 aliphatic rings. The maximum atomic E-state index is 13.7. The minimum atomic E-state index is -6.18. The number of ketones is 2. The molecule has 0 heterocycles. The van der Waals surface area contributed by atoms with Crippen LogP contribution in [0.2, 0.25) is 12.1 Å². The van der Waals surface area contributed by atoms with Gasteiger partial charge in [0.25, 0.3) is 28.8 Å². The molecule has 0 aromatic carbocycles. The zero-order valence-corrected chi connectivity index (χ0v) is 28.3. The molecule has 0 saturated carbocycles. The molecule has 12 nitrogen and oxygen atoms in total. The second kappa shape index (κ2) is 19.7. The standard InChI is InChI=1S/C25H44F6N2O10Si2/c1-7-38-44(39-8-2,40-9-3)17-13-15-32-21(36)23(19(34)24(26,27)28,20(35)25(29,30)31)22(37)33-16-14-18-45(41-10-4,42-11-5)43-12-6/h7-18H2,1-6H3,(H,32,36)(H,33,37). The van der Waals surface area contributed by atoms with E-state index in [1.54, 1.807) is 52.2 Å². The van der Waals surface area contributed by atoms with E-state index in [1.165, 1.54) is 0 Å². The monoisotopic (exact) mass is 702 g/mol. The van der Waals surface area contributed by atoms with Crippen molar-refractivity contribution in [2.45, 2.75) is 78.8 Å². The van der Waals surface area contributed by atoms with E-state index in [9.17, 15) is 45.5 Å². The first-order chi connectivity index (χ1) is 20.9. The van der Waals surface area contributed by atoms with Crippen molar-refractivity contribution in [3.63, 3.8) is 0 Å². The number of rotatable bonds is 24. The summed E-state index contributed by atoms with van der Waals surface area (Å²) < 4.78 is 116. The van der Waals surface area contributed by atoms with Crippen molar-refractivity contribution in [1.29, 1.82) is 0 Å². The van der Waals surface area contributed by atoms with E-state index in [2.05, 4.69) is 0 Å². The van der Waals surface area contributed by atoms with Crippen molar-refractivity contribution in [2.75, 3.05) is 52.7 Å². The average Bonchev–Trinajstić information content (AvgIpc) is 2.93. The maximum Gasteiger partial charge on any atom is 0.500 e. The molecule has 264 valence electrons. The predicted octanol–water partition coefficient (Wildman–Crippen LogP) is 3.35. The van der Waals surface area contributed by atoms with Gasteiger partial charge in [-0.2, -0.15) is 26.3 Å². The summed E-state index contributed by atoms with van der Waals surface area (Å²) in [5, 5.41) is 3.47. The number of amides is 2. The van der Waals surface area contributed by atoms with Crippen LogP contribution in [0.5, 0.6) is 0 Å². The van der Waals surface area contributed by atoms with E-state index in [0.717, 1.165) is 0 Å². The summed E-state index contributed by atoms with van der Waals surface area (Å²) in [7, 11) is -6.69. The van der Waals surface area contributed by atoms with Crippen LogP contribution in [-0.4, -0.2) is 106 Å². The summed E-state index contributed by atoms with van der Waals surface area (Å²) in [6.45, 7) is 9.51. The molecule has 0 bridgehead atoms. The molecule has 0 unspecified atom stereocenters. The lowest BCUT2D eigenvalue weighted by Gasteiger charge is -2.31. The van der Waals surface area contributed by atoms with Crippen LogP contribution in [0.25, 0.3) is 0 Å². The highest BCUT2D eigenvalue weighted by molar-refractivity contribution is 6.61. The minimum absolute atomic E-state index is 0.0342. The Bertz CT molecular complexity index is 848. The quantitative estimate of drug-likeness (QED) is 0.0665. The molecule has 0 aliphatic carbocycles. The van der Waals surface area contributed by atoms with Gasteiger partial charge in [-0.05, 0) is 54.4 Å². The Kier molecular flexibility index (Phi) is 18.8. The Morgan fingerprint density at radius 2 is 0.756 bits per heavy atom. The van der Waals surface area contributed by atoms with Crippen molar-refractivity contribution in [3.05, 3.63) is 0 Å². The van der Waals surface area contributed by atoms with Crippen LogP contribution in [0.3, 0.4) is 0 Å². The number of carbonyl (C=O) groups is 4. The van der Waals surface area contributed by atoms with Gasteiger partial charge in [-0.1, -0.05) is 0 Å². The van der Waals surface area contributed by atoms with Crippen molar-refractivity contribution in [3.8, 4) is 0 Å². The Hall–Kier alpha value is -1.95. The Morgan fingerprint density at radius 1 is 0.511 bits per heavy atom. The topological polar surface area (TPSA) is 148 Å². The molecular weight excluding hydrogens is 658 g/mol. The molecule has 0 fully saturated rings. The molecule has 0 aliphatic heterocycles. The number of carbonyl (C=O) groups excluding carboxylic acids is 4. The maximum absolute atomic E-state index is 13.7. The molecule has 0 aromatic rings. The van der Waals surface area contributed by atoms with Crippen LogP contribution in [0.1, 0.15) is 54.4 Å². The second-order valence-corrected chi connectivity index (χ2v) is 14.6. The fourth-order valence-corrected chi connectivity index (χ4v) is 9.55. The van der Waals surface area contributed by atoms with Gasteiger partial charge < -0.3 is 37.2 Å². The largest absolute Gasteiger partial charge is 0.500 e. The summed E-state index contributed by atoms with van der Waals surface area (Å²) >= 11 is 0. The number of Topliss-reactive ketones (excluding diaryl/α,β-unsaturated/α-hetero) is 2. The van der Waals surface area contributed by atoms with Crippen LogP contribution < -0.4 is 10.6 Å². The second-order valence-electron chi connectivity index (χ2n) is 9.09. The first-order valence-electron chi connectivity index (χ1n) is 14.6. The zero-order chi connectivity index (χ0) is 35.0. The molecule has 20 heteroatoms. The van der Waals surface area contributed by atoms with E-state index in [0.29, 0.717) is 0 Å². The highest BCUT2D eigenvalue weighted by Crippen LogP contribution is 2.37. The molecule has 2 amide bonds. The van der Waals surface area contributed by atoms with Crippen molar-refractivity contribution in [2.24, 2.45) is 5.41 Å². The highest BCUT2D eigenvalue weighted by atomic mass is 28.4. The van der Waals surface area contributed by atoms with Gasteiger partial charge in [0.15, 0.2) is 0 Å². The van der Waals surface area contributed by atoms with Crippen LogP contribution in [0.15, 0.2) is 0 Å². The molecule has 0 radical (unpaired) electrons. The van der Waals surface area contributed by atoms with Crippen molar-refractivity contribution >= 4 is 41.0 Å². The van der Waals surface area contributed by atoms with E-state index in [4.69, 9.17) is 26.6 Å². The van der Waals surface area contributed by atoms with Gasteiger partial charge in [0.05, 0.1) is 0 Å². The van der Waals surface area contributed by atoms with Crippen molar-refractivity contribution < 1.29 is 72.1 Å². The number of alkyl halides is 6. The summed E-state index contributed by atoms with van der Waals surface area (Å²) in [6.07, 6.45) is -12.7. The molecule has 0 aromatic heterocycles. The highest BCUT2D eigenvalue weighted by Gasteiger charge is 2.72. The normalized spacial score (nSPS) is 13.1. The number of hydrogen-bond acceptors (Lipinski definition) is 10. The Balaban J connectivity index is 6.30. The smallest absolute Gasteiger partial charge is 0.374 e. The van der Waals surface area contributed by atoms with Crippen LogP contribution >= 0.6 is 0 Å². The molecule has 0 rings (SSSR count). The van der Waals surface area contributed by atoms with Crippen LogP contribution in [0, 0.1) is 5.41 Å². The lowest BCUT2D eigenvalue weighted by Crippen LogP contribution is -2.66. The zero-order valence-electron chi connectivity index (χ0n) is 26.3. The van der Waals surface area contributed by atoms with Gasteiger partial charge >= 0.3 is 30.0 Å². The number of nitrogens with one attached hydrogen (secondary N) is 2. The lowest BCUT2D eigenvalue weighted by atomic mass is 9.76. The van der Waals surface area contributed by atoms with Gasteiger partial charge in [-0.3, -0.25) is 19.2 Å². The average molecular weight is 703 g/mol. The molecule has 0 saturated heterocycles. The first-order valence-corrected chi connectivity index (χ1v) is 18.4. The first kappa shape index (κ1) is 43.1. The third-order valence-corrected chi connectivity index (χ3v) is 12.3. The molecule has 0 spiro atoms. The fourth-order valence-electron chi connectivity index (χ4n) is 4.33. The van der Waals surface area contributed by atoms with Gasteiger partial charge in [0.2, 0.25) is 0 Å². The SMILES string of the molecule is CCO[Si](CCCNC(=O)C(C(=O)NCCC[Si](OCC)(OCC)OCC)(C(=O)C(F)(F)F)C(=O)C(F)(F)F)(OCC)OCC. The Morgan fingerprint density at radius 3 is 0.956 bits per heavy atom. The van der Waals surface area contributed by atoms with E-state index < -0.39 is 71.8 Å². The Labute approximate surface area is 260 Å². The van der Waals surface area contributed by atoms with Crippen LogP contribution in [-0.2, 0) is 45.7 Å². The summed E-state index contributed by atoms with van der Waals surface area (Å²) in [6, 6.07) is -0.0683. The van der Waals surface area contributed by atoms with Gasteiger partial charge in [0, 0.05) is 64.8 Å². The third kappa shape index (κ3) is 12.3. The van der Waals surface area contributed by atoms with Gasteiger partial charge in [0.1, 0.15) is 0 Å². The third-order valence-electron chi connectivity index (χ3n) is 5.95. The predicted molar refractivity (Wildman–Crippen MR) is 151 cm³/mol. The summed E-state index contributed by atoms with van der Waals surface area (Å²) in [5.41, 5.74) is -4.85. The molecule has 45 heavy (non-hydrogen) atoms. The molecular formula is C25H44F6N2O10Si2. The minimum Gasteiger partial charge on any atom is -0.374 e. The van der Waals surface area contributed by atoms with Gasteiger partial charge in [-0.15, -0.1) is 0 Å². The van der Waals surface area contributed by atoms with Gasteiger partial charge in [-0.25, -0.2) is 0 Å². The molecule has 0 atom stereocenters. The summed E-state index contributed by atoms with van der Waals surface area (Å²) in [5.74, 6) is -11.8. The van der Waals surface area contributed by atoms with E-state index >= 15 is 0 Å². The van der Waals surface area contributed by atoms with Crippen LogP contribution in [0.4, 0.5) is 26.3 Å². The molecule has 2 N–H and O–H groups in total. The number of halogens is 6.